The maximum Gasteiger partial charge on any atom is 0.337 e. The zero-order valence-electron chi connectivity index (χ0n) is 12.0. The van der Waals surface area contributed by atoms with Gasteiger partial charge in [0, 0.05) is 11.8 Å². The van der Waals surface area contributed by atoms with E-state index in [9.17, 15) is 9.18 Å². The number of carbonyl (C=O) groups excluding carboxylic acids is 1. The summed E-state index contributed by atoms with van der Waals surface area (Å²) in [5.74, 6) is -0.106. The molecule has 0 aliphatic rings. The van der Waals surface area contributed by atoms with Crippen LogP contribution in [0.15, 0.2) is 40.7 Å². The molecule has 1 heterocycles. The minimum Gasteiger partial charge on any atom is -0.465 e. The van der Waals surface area contributed by atoms with Gasteiger partial charge >= 0.3 is 5.97 Å². The third-order valence-electron chi connectivity index (χ3n) is 3.15. The molecule has 0 fully saturated rings. The van der Waals surface area contributed by atoms with Gasteiger partial charge in [-0.25, -0.2) is 14.2 Å². The van der Waals surface area contributed by atoms with E-state index < -0.39 is 5.82 Å². The SMILES string of the molecule is COC(=O)c1ccc(CSc2nc3cc(F)c(Cl)cc3s2)cc1. The highest BCUT2D eigenvalue weighted by Crippen LogP contribution is 2.33. The van der Waals surface area contributed by atoms with Crippen LogP contribution in [0, 0.1) is 5.82 Å². The van der Waals surface area contributed by atoms with Gasteiger partial charge in [-0.15, -0.1) is 11.3 Å². The van der Waals surface area contributed by atoms with E-state index in [4.69, 9.17) is 11.6 Å². The van der Waals surface area contributed by atoms with Crippen LogP contribution in [0.4, 0.5) is 4.39 Å². The van der Waals surface area contributed by atoms with E-state index in [1.807, 2.05) is 12.1 Å². The van der Waals surface area contributed by atoms with Crippen LogP contribution < -0.4 is 0 Å². The molecule has 3 nitrogen and oxygen atoms in total. The number of thioether (sulfide) groups is 1. The van der Waals surface area contributed by atoms with E-state index >= 15 is 0 Å². The molecule has 0 amide bonds. The molecule has 0 bridgehead atoms. The molecule has 0 unspecified atom stereocenters. The van der Waals surface area contributed by atoms with E-state index in [0.717, 1.165) is 14.6 Å². The average Bonchev–Trinajstić information content (AvgIpc) is 2.95. The van der Waals surface area contributed by atoms with Gasteiger partial charge in [0.1, 0.15) is 5.82 Å². The largest absolute Gasteiger partial charge is 0.465 e. The quantitative estimate of drug-likeness (QED) is 0.471. The van der Waals surface area contributed by atoms with Gasteiger partial charge in [-0.1, -0.05) is 35.5 Å². The number of nitrogens with zero attached hydrogens (tertiary/aromatic N) is 1. The Kier molecular flexibility index (Phi) is 4.84. The van der Waals surface area contributed by atoms with Crippen molar-refractivity contribution in [1.82, 2.24) is 4.98 Å². The van der Waals surface area contributed by atoms with Crippen LogP contribution in [-0.2, 0) is 10.5 Å². The number of hydrogen-bond donors (Lipinski definition) is 0. The highest BCUT2D eigenvalue weighted by Gasteiger charge is 2.09. The molecular weight excluding hydrogens is 357 g/mol. The summed E-state index contributed by atoms with van der Waals surface area (Å²) in [6.45, 7) is 0. The first-order chi connectivity index (χ1) is 11.1. The van der Waals surface area contributed by atoms with Crippen molar-refractivity contribution in [3.63, 3.8) is 0 Å². The Morgan fingerprint density at radius 1 is 1.35 bits per heavy atom. The van der Waals surface area contributed by atoms with Gasteiger partial charge in [-0.05, 0) is 23.8 Å². The molecular formula is C16H11ClFNO2S2. The van der Waals surface area contributed by atoms with Crippen molar-refractivity contribution in [3.05, 3.63) is 58.4 Å². The van der Waals surface area contributed by atoms with Crippen LogP contribution in [0.3, 0.4) is 0 Å². The molecule has 2 aromatic carbocycles. The molecule has 1 aromatic heterocycles. The summed E-state index contributed by atoms with van der Waals surface area (Å²) in [6.07, 6.45) is 0. The summed E-state index contributed by atoms with van der Waals surface area (Å²) in [5, 5.41) is 0.107. The van der Waals surface area contributed by atoms with Crippen LogP contribution in [-0.4, -0.2) is 18.1 Å². The van der Waals surface area contributed by atoms with Crippen LogP contribution >= 0.6 is 34.7 Å². The van der Waals surface area contributed by atoms with Gasteiger partial charge in [0.05, 0.1) is 27.9 Å². The lowest BCUT2D eigenvalue weighted by Crippen LogP contribution is -2.00. The van der Waals surface area contributed by atoms with E-state index in [2.05, 4.69) is 9.72 Å². The molecule has 7 heteroatoms. The van der Waals surface area contributed by atoms with Crippen LogP contribution in [0.1, 0.15) is 15.9 Å². The second-order valence-electron chi connectivity index (χ2n) is 4.69. The van der Waals surface area contributed by atoms with Crippen LogP contribution in [0.25, 0.3) is 10.2 Å². The third kappa shape index (κ3) is 3.65. The van der Waals surface area contributed by atoms with E-state index in [1.165, 1.54) is 24.5 Å². The van der Waals surface area contributed by atoms with Gasteiger partial charge in [0.2, 0.25) is 0 Å². The number of fused-ring (bicyclic) bond motifs is 1. The molecule has 0 radical (unpaired) electrons. The van der Waals surface area contributed by atoms with E-state index in [-0.39, 0.29) is 11.0 Å². The number of rotatable bonds is 4. The highest BCUT2D eigenvalue weighted by molar-refractivity contribution is 8.00. The number of methoxy groups -OCH3 is 1. The Balaban J connectivity index is 1.71. The number of aromatic nitrogens is 1. The Morgan fingerprint density at radius 2 is 2.09 bits per heavy atom. The first-order valence-electron chi connectivity index (χ1n) is 6.62. The lowest BCUT2D eigenvalue weighted by molar-refractivity contribution is 0.0600. The zero-order chi connectivity index (χ0) is 16.4. The second-order valence-corrected chi connectivity index (χ2v) is 7.35. The first kappa shape index (κ1) is 16.2. The van der Waals surface area contributed by atoms with Crippen LogP contribution in [0.2, 0.25) is 5.02 Å². The van der Waals surface area contributed by atoms with Crippen molar-refractivity contribution in [3.8, 4) is 0 Å². The smallest absolute Gasteiger partial charge is 0.337 e. The summed E-state index contributed by atoms with van der Waals surface area (Å²) in [7, 11) is 1.36. The van der Waals surface area contributed by atoms with Gasteiger partial charge < -0.3 is 4.74 Å². The Hall–Kier alpha value is -1.63. The zero-order valence-corrected chi connectivity index (χ0v) is 14.4. The summed E-state index contributed by atoms with van der Waals surface area (Å²) in [6, 6.07) is 10.2. The normalized spacial score (nSPS) is 10.9. The number of hydrogen-bond acceptors (Lipinski definition) is 5. The predicted octanol–water partition coefficient (Wildman–Crippen LogP) is 5.17. The maximum atomic E-state index is 13.4. The standard InChI is InChI=1S/C16H11ClFNO2S2/c1-21-15(20)10-4-2-9(3-5-10)8-22-16-19-13-7-12(18)11(17)6-14(13)23-16/h2-7H,8H2,1H3. The summed E-state index contributed by atoms with van der Waals surface area (Å²) in [5.41, 5.74) is 2.19. The molecule has 0 spiro atoms. The lowest BCUT2D eigenvalue weighted by atomic mass is 10.1. The Morgan fingerprint density at radius 3 is 2.78 bits per heavy atom. The van der Waals surface area contributed by atoms with Crippen molar-refractivity contribution in [2.45, 2.75) is 10.1 Å². The Labute approximate surface area is 145 Å². The van der Waals surface area contributed by atoms with Crippen molar-refractivity contribution in [2.75, 3.05) is 7.11 Å². The van der Waals surface area contributed by atoms with Crippen molar-refractivity contribution < 1.29 is 13.9 Å². The summed E-state index contributed by atoms with van der Waals surface area (Å²) >= 11 is 8.82. The van der Waals surface area contributed by atoms with Gasteiger partial charge in [-0.2, -0.15) is 0 Å². The fourth-order valence-corrected chi connectivity index (χ4v) is 4.24. The van der Waals surface area contributed by atoms with Crippen molar-refractivity contribution in [2.24, 2.45) is 0 Å². The lowest BCUT2D eigenvalue weighted by Gasteiger charge is -2.01. The number of esters is 1. The monoisotopic (exact) mass is 367 g/mol. The van der Waals surface area contributed by atoms with Crippen molar-refractivity contribution >= 4 is 50.9 Å². The summed E-state index contributed by atoms with van der Waals surface area (Å²) < 4.78 is 19.8. The molecule has 118 valence electrons. The highest BCUT2D eigenvalue weighted by atomic mass is 35.5. The number of ether oxygens (including phenoxy) is 1. The molecule has 0 aliphatic carbocycles. The predicted molar refractivity (Wildman–Crippen MR) is 91.9 cm³/mol. The minimum absolute atomic E-state index is 0.107. The molecule has 0 N–H and O–H groups in total. The fourth-order valence-electron chi connectivity index (χ4n) is 1.96. The molecule has 23 heavy (non-hydrogen) atoms. The summed E-state index contributed by atoms with van der Waals surface area (Å²) in [4.78, 5) is 15.8. The Bertz CT molecular complexity index is 825. The van der Waals surface area contributed by atoms with Crippen LogP contribution in [0.5, 0.6) is 0 Å². The molecule has 3 aromatic rings. The number of thiazole rings is 1. The fraction of sp³-hybridized carbons (Fsp3) is 0.125. The molecule has 0 saturated heterocycles. The third-order valence-corrected chi connectivity index (χ3v) is 5.67. The average molecular weight is 368 g/mol. The molecule has 3 rings (SSSR count). The van der Waals surface area contributed by atoms with Gasteiger partial charge in [0.15, 0.2) is 4.34 Å². The molecule has 0 saturated carbocycles. The van der Waals surface area contributed by atoms with Gasteiger partial charge in [-0.3, -0.25) is 0 Å². The van der Waals surface area contributed by atoms with E-state index in [0.29, 0.717) is 16.8 Å². The first-order valence-corrected chi connectivity index (χ1v) is 8.80. The van der Waals surface area contributed by atoms with E-state index in [1.54, 1.807) is 30.0 Å². The topological polar surface area (TPSA) is 39.2 Å². The maximum absolute atomic E-state index is 13.4. The second kappa shape index (κ2) is 6.86. The molecule has 0 atom stereocenters. The van der Waals surface area contributed by atoms with Crippen molar-refractivity contribution in [1.29, 1.82) is 0 Å². The number of benzene rings is 2. The minimum atomic E-state index is -0.459. The molecule has 0 aliphatic heterocycles. The number of carbonyl (C=O) groups is 1. The number of halogens is 2. The van der Waals surface area contributed by atoms with Gasteiger partial charge in [0.25, 0.3) is 0 Å².